The molecule has 0 spiro atoms. The summed E-state index contributed by atoms with van der Waals surface area (Å²) >= 11 is 5.99. The van der Waals surface area contributed by atoms with Crippen LogP contribution in [0, 0.1) is 5.92 Å². The highest BCUT2D eigenvalue weighted by Crippen LogP contribution is 2.34. The second kappa shape index (κ2) is 6.22. The summed E-state index contributed by atoms with van der Waals surface area (Å²) in [7, 11) is 1.36. The van der Waals surface area contributed by atoms with Crippen LogP contribution in [0.2, 0.25) is 5.02 Å². The number of aromatic carboxylic acids is 1. The first-order valence-corrected chi connectivity index (χ1v) is 7.02. The van der Waals surface area contributed by atoms with E-state index in [0.29, 0.717) is 11.6 Å². The number of nitrogens with one attached hydrogen (secondary N) is 2. The highest BCUT2D eigenvalue weighted by Gasteiger charge is 2.36. The fourth-order valence-corrected chi connectivity index (χ4v) is 2.40. The fraction of sp³-hybridized carbons (Fsp3) is 0.429. The van der Waals surface area contributed by atoms with Gasteiger partial charge < -0.3 is 20.5 Å². The number of carboxylic acids is 1. The smallest absolute Gasteiger partial charge is 0.339 e. The van der Waals surface area contributed by atoms with Crippen molar-refractivity contribution in [2.24, 2.45) is 5.92 Å². The Hall–Kier alpha value is -1.95. The van der Waals surface area contributed by atoms with Crippen molar-refractivity contribution in [2.75, 3.05) is 12.4 Å². The molecule has 2 unspecified atom stereocenters. The van der Waals surface area contributed by atoms with Crippen molar-refractivity contribution in [3.8, 4) is 5.75 Å². The average Bonchev–Trinajstić information content (AvgIpc) is 3.18. The lowest BCUT2D eigenvalue weighted by molar-refractivity contribution is 0.0693. The molecule has 3 N–H and O–H groups in total. The molecule has 0 saturated heterocycles. The monoisotopic (exact) mass is 312 g/mol. The van der Waals surface area contributed by atoms with Crippen molar-refractivity contribution in [3.63, 3.8) is 0 Å². The summed E-state index contributed by atoms with van der Waals surface area (Å²) in [6.07, 6.45) is 2.02. The average molecular weight is 313 g/mol. The number of methoxy groups -OCH3 is 1. The van der Waals surface area contributed by atoms with Gasteiger partial charge in [0, 0.05) is 12.1 Å². The number of carbonyl (C=O) groups excluding carboxylic acids is 1. The maximum atomic E-state index is 11.9. The minimum atomic E-state index is -1.14. The molecule has 6 nitrogen and oxygen atoms in total. The Balaban J connectivity index is 2.09. The van der Waals surface area contributed by atoms with Gasteiger partial charge in [-0.3, -0.25) is 0 Å². The van der Waals surface area contributed by atoms with Crippen LogP contribution in [-0.2, 0) is 0 Å². The molecule has 114 valence electrons. The van der Waals surface area contributed by atoms with E-state index < -0.39 is 5.97 Å². The molecule has 21 heavy (non-hydrogen) atoms. The van der Waals surface area contributed by atoms with E-state index in [1.165, 1.54) is 19.2 Å². The van der Waals surface area contributed by atoms with E-state index in [4.69, 9.17) is 21.4 Å². The number of carbonyl (C=O) groups is 2. The van der Waals surface area contributed by atoms with Crippen LogP contribution < -0.4 is 15.4 Å². The number of urea groups is 1. The number of halogens is 1. The first-order valence-electron chi connectivity index (χ1n) is 6.64. The van der Waals surface area contributed by atoms with Crippen molar-refractivity contribution >= 4 is 29.3 Å². The molecule has 0 aliphatic heterocycles. The zero-order chi connectivity index (χ0) is 15.6. The van der Waals surface area contributed by atoms with Gasteiger partial charge in [0.05, 0.1) is 17.8 Å². The lowest BCUT2D eigenvalue weighted by atomic mass is 10.2. The van der Waals surface area contributed by atoms with Gasteiger partial charge >= 0.3 is 12.0 Å². The third kappa shape index (κ3) is 3.58. The topological polar surface area (TPSA) is 87.7 Å². The number of hydrogen-bond acceptors (Lipinski definition) is 3. The molecule has 2 rings (SSSR count). The Labute approximate surface area is 127 Å². The predicted octanol–water partition coefficient (Wildman–Crippen LogP) is 2.97. The van der Waals surface area contributed by atoms with Gasteiger partial charge in [0.15, 0.2) is 0 Å². The summed E-state index contributed by atoms with van der Waals surface area (Å²) in [4.78, 5) is 22.9. The Morgan fingerprint density at radius 3 is 2.71 bits per heavy atom. The minimum absolute atomic E-state index is 0.0540. The molecule has 1 aliphatic rings. The third-order valence-electron chi connectivity index (χ3n) is 3.53. The van der Waals surface area contributed by atoms with Gasteiger partial charge in [-0.2, -0.15) is 0 Å². The van der Waals surface area contributed by atoms with Crippen molar-refractivity contribution in [3.05, 3.63) is 22.7 Å². The summed E-state index contributed by atoms with van der Waals surface area (Å²) in [5, 5.41) is 14.6. The normalized spacial score (nSPS) is 19.8. The molecule has 1 saturated carbocycles. The lowest BCUT2D eigenvalue weighted by Gasteiger charge is -2.12. The van der Waals surface area contributed by atoms with E-state index in [-0.39, 0.29) is 28.4 Å². The van der Waals surface area contributed by atoms with Gasteiger partial charge in [0.1, 0.15) is 11.3 Å². The minimum Gasteiger partial charge on any atom is -0.496 e. The molecule has 0 heterocycles. The Morgan fingerprint density at radius 1 is 1.48 bits per heavy atom. The molecular formula is C14H17ClN2O4. The molecule has 2 amide bonds. The van der Waals surface area contributed by atoms with Crippen molar-refractivity contribution < 1.29 is 19.4 Å². The van der Waals surface area contributed by atoms with Gasteiger partial charge in [-0.25, -0.2) is 9.59 Å². The number of carboxylic acid groups (broad SMARTS) is 1. The van der Waals surface area contributed by atoms with Gasteiger partial charge in [-0.15, -0.1) is 0 Å². The molecular weight excluding hydrogens is 296 g/mol. The standard InChI is InChI=1S/C14H17ClN2O4/c1-3-7-4-10(7)16-14(20)17-11-6-12(21-2)8(13(18)19)5-9(11)15/h5-7,10H,3-4H2,1-2H3,(H,18,19)(H2,16,17,20). The van der Waals surface area contributed by atoms with E-state index in [0.717, 1.165) is 12.8 Å². The molecule has 1 aromatic rings. The lowest BCUT2D eigenvalue weighted by Crippen LogP contribution is -2.31. The largest absolute Gasteiger partial charge is 0.496 e. The molecule has 1 aromatic carbocycles. The van der Waals surface area contributed by atoms with Crippen LogP contribution in [0.4, 0.5) is 10.5 Å². The number of benzene rings is 1. The number of rotatable bonds is 5. The molecule has 7 heteroatoms. The van der Waals surface area contributed by atoms with Crippen LogP contribution in [-0.4, -0.2) is 30.3 Å². The van der Waals surface area contributed by atoms with Gasteiger partial charge in [0.25, 0.3) is 0 Å². The Bertz CT molecular complexity index is 576. The van der Waals surface area contributed by atoms with E-state index in [1.54, 1.807) is 0 Å². The van der Waals surface area contributed by atoms with Crippen LogP contribution in [0.15, 0.2) is 12.1 Å². The Morgan fingerprint density at radius 2 is 2.19 bits per heavy atom. The van der Waals surface area contributed by atoms with Crippen molar-refractivity contribution in [1.82, 2.24) is 5.32 Å². The van der Waals surface area contributed by atoms with Crippen LogP contribution >= 0.6 is 11.6 Å². The van der Waals surface area contributed by atoms with E-state index in [9.17, 15) is 9.59 Å². The molecule has 1 aliphatic carbocycles. The zero-order valence-electron chi connectivity index (χ0n) is 11.8. The summed E-state index contributed by atoms with van der Waals surface area (Å²) in [5.74, 6) is -0.469. The molecule has 0 bridgehead atoms. The second-order valence-corrected chi connectivity index (χ2v) is 5.35. The van der Waals surface area contributed by atoms with Crippen molar-refractivity contribution in [1.29, 1.82) is 0 Å². The summed E-state index contributed by atoms with van der Waals surface area (Å²) < 4.78 is 5.00. The maximum absolute atomic E-state index is 11.9. The molecule has 2 atom stereocenters. The first-order chi connectivity index (χ1) is 9.96. The predicted molar refractivity (Wildman–Crippen MR) is 79.3 cm³/mol. The van der Waals surface area contributed by atoms with Crippen LogP contribution in [0.5, 0.6) is 5.75 Å². The van der Waals surface area contributed by atoms with Crippen LogP contribution in [0.1, 0.15) is 30.1 Å². The van der Waals surface area contributed by atoms with Gasteiger partial charge in [-0.05, 0) is 18.4 Å². The van der Waals surface area contributed by atoms with Crippen LogP contribution in [0.25, 0.3) is 0 Å². The van der Waals surface area contributed by atoms with Crippen LogP contribution in [0.3, 0.4) is 0 Å². The second-order valence-electron chi connectivity index (χ2n) is 4.95. The quantitative estimate of drug-likeness (QED) is 0.780. The summed E-state index contributed by atoms with van der Waals surface area (Å²) in [6, 6.07) is 2.50. The Kier molecular flexibility index (Phi) is 4.57. The number of ether oxygens (including phenoxy) is 1. The third-order valence-corrected chi connectivity index (χ3v) is 3.84. The maximum Gasteiger partial charge on any atom is 0.339 e. The number of hydrogen-bond donors (Lipinski definition) is 3. The molecule has 1 fully saturated rings. The summed E-state index contributed by atoms with van der Waals surface area (Å²) in [5.41, 5.74) is 0.256. The SMILES string of the molecule is CCC1CC1NC(=O)Nc1cc(OC)c(C(=O)O)cc1Cl. The molecule has 0 radical (unpaired) electrons. The van der Waals surface area contributed by atoms with Gasteiger partial charge in [0.2, 0.25) is 0 Å². The number of anilines is 1. The van der Waals surface area contributed by atoms with E-state index in [1.807, 2.05) is 0 Å². The van der Waals surface area contributed by atoms with Gasteiger partial charge in [-0.1, -0.05) is 24.9 Å². The highest BCUT2D eigenvalue weighted by molar-refractivity contribution is 6.34. The number of amides is 2. The summed E-state index contributed by atoms with van der Waals surface area (Å²) in [6.45, 7) is 2.08. The van der Waals surface area contributed by atoms with E-state index in [2.05, 4.69) is 17.6 Å². The first kappa shape index (κ1) is 15.4. The fourth-order valence-electron chi connectivity index (χ4n) is 2.19. The highest BCUT2D eigenvalue weighted by atomic mass is 35.5. The van der Waals surface area contributed by atoms with E-state index >= 15 is 0 Å². The van der Waals surface area contributed by atoms with Crippen molar-refractivity contribution in [2.45, 2.75) is 25.8 Å². The zero-order valence-corrected chi connectivity index (χ0v) is 12.5. The molecule has 0 aromatic heterocycles.